The van der Waals surface area contributed by atoms with Crippen LogP contribution in [-0.4, -0.2) is 63.4 Å². The normalized spacial score (nSPS) is 18.8. The number of anilines is 1. The Morgan fingerprint density at radius 2 is 1.72 bits per heavy atom. The number of ether oxygens (including phenoxy) is 2. The number of nitrogens with zero attached hydrogens (tertiary/aromatic N) is 3. The van der Waals surface area contributed by atoms with E-state index in [0.717, 1.165) is 63.3 Å². The summed E-state index contributed by atoms with van der Waals surface area (Å²) < 4.78 is 10.8. The molecule has 0 aliphatic carbocycles. The summed E-state index contributed by atoms with van der Waals surface area (Å²) in [5.41, 5.74) is 3.67. The average molecular weight is 396 g/mol. The van der Waals surface area contributed by atoms with E-state index < -0.39 is 0 Å². The van der Waals surface area contributed by atoms with E-state index in [-0.39, 0.29) is 0 Å². The van der Waals surface area contributed by atoms with Gasteiger partial charge in [0, 0.05) is 45.1 Å². The molecule has 156 valence electrons. The molecular weight excluding hydrogens is 362 g/mol. The van der Waals surface area contributed by atoms with E-state index in [1.807, 2.05) is 12.1 Å². The first-order valence-electron chi connectivity index (χ1n) is 10.9. The number of benzene rings is 1. The third-order valence-corrected chi connectivity index (χ3v) is 6.27. The first-order valence-corrected chi connectivity index (χ1v) is 10.9. The molecule has 5 heteroatoms. The third-order valence-electron chi connectivity index (χ3n) is 6.27. The Morgan fingerprint density at radius 3 is 2.41 bits per heavy atom. The molecule has 0 unspecified atom stereocenters. The zero-order valence-corrected chi connectivity index (χ0v) is 17.8. The van der Waals surface area contributed by atoms with Gasteiger partial charge in [0.1, 0.15) is 11.6 Å². The number of aryl methyl sites for hydroxylation is 1. The fourth-order valence-corrected chi connectivity index (χ4v) is 4.23. The van der Waals surface area contributed by atoms with Gasteiger partial charge >= 0.3 is 0 Å². The van der Waals surface area contributed by atoms with Crippen molar-refractivity contribution < 1.29 is 9.47 Å². The molecule has 0 bridgehead atoms. The summed E-state index contributed by atoms with van der Waals surface area (Å²) in [7, 11) is 3.90. The molecule has 2 fully saturated rings. The maximum atomic E-state index is 5.52. The third kappa shape index (κ3) is 5.28. The van der Waals surface area contributed by atoms with Crippen LogP contribution in [0.5, 0.6) is 5.75 Å². The monoisotopic (exact) mass is 395 g/mol. The fourth-order valence-electron chi connectivity index (χ4n) is 4.23. The Balaban J connectivity index is 1.57. The van der Waals surface area contributed by atoms with Crippen LogP contribution in [0.2, 0.25) is 0 Å². The van der Waals surface area contributed by atoms with E-state index in [0.29, 0.717) is 0 Å². The highest BCUT2D eigenvalue weighted by molar-refractivity contribution is 5.68. The molecule has 1 aromatic heterocycles. The van der Waals surface area contributed by atoms with E-state index in [4.69, 9.17) is 14.5 Å². The summed E-state index contributed by atoms with van der Waals surface area (Å²) in [6.07, 6.45) is 4.60. The smallest absolute Gasteiger partial charge is 0.129 e. The molecule has 0 saturated carbocycles. The molecule has 4 rings (SSSR count). The summed E-state index contributed by atoms with van der Waals surface area (Å²) in [4.78, 5) is 9.90. The number of likely N-dealkylation sites (N-methyl/N-ethyl adjacent to an activating group) is 1. The lowest BCUT2D eigenvalue weighted by Crippen LogP contribution is -2.44. The van der Waals surface area contributed by atoms with Crippen molar-refractivity contribution in [1.29, 1.82) is 0 Å². The van der Waals surface area contributed by atoms with Crippen molar-refractivity contribution in [1.82, 2.24) is 9.88 Å². The van der Waals surface area contributed by atoms with Crippen molar-refractivity contribution in [2.24, 2.45) is 5.92 Å². The van der Waals surface area contributed by atoms with Crippen LogP contribution in [0.25, 0.3) is 11.1 Å². The molecule has 0 N–H and O–H groups in total. The number of rotatable bonds is 6. The minimum absolute atomic E-state index is 0.766. The first-order chi connectivity index (χ1) is 14.2. The number of piperazine rings is 1. The fraction of sp³-hybridized carbons (Fsp3) is 0.542. The summed E-state index contributed by atoms with van der Waals surface area (Å²) in [6.45, 7) is 6.08. The lowest BCUT2D eigenvalue weighted by Gasteiger charge is -2.33. The van der Waals surface area contributed by atoms with E-state index in [1.165, 1.54) is 36.1 Å². The molecule has 29 heavy (non-hydrogen) atoms. The van der Waals surface area contributed by atoms with Gasteiger partial charge in [-0.25, -0.2) is 4.98 Å². The highest BCUT2D eigenvalue weighted by Gasteiger charge is 2.18. The number of methoxy groups -OCH3 is 1. The van der Waals surface area contributed by atoms with Gasteiger partial charge in [0.2, 0.25) is 0 Å². The van der Waals surface area contributed by atoms with Gasteiger partial charge in [-0.1, -0.05) is 12.1 Å². The van der Waals surface area contributed by atoms with Crippen LogP contribution in [0.3, 0.4) is 0 Å². The molecule has 0 atom stereocenters. The Bertz CT molecular complexity index is 779. The molecule has 3 heterocycles. The van der Waals surface area contributed by atoms with Crippen LogP contribution in [0.4, 0.5) is 5.82 Å². The minimum atomic E-state index is 0.766. The Hall–Kier alpha value is -2.11. The molecule has 1 aromatic carbocycles. The molecule has 2 saturated heterocycles. The van der Waals surface area contributed by atoms with E-state index in [2.05, 4.69) is 41.1 Å². The molecule has 5 nitrogen and oxygen atoms in total. The van der Waals surface area contributed by atoms with Gasteiger partial charge in [0.15, 0.2) is 0 Å². The largest absolute Gasteiger partial charge is 0.497 e. The second-order valence-corrected chi connectivity index (χ2v) is 8.32. The summed E-state index contributed by atoms with van der Waals surface area (Å²) in [5, 5.41) is 0. The predicted molar refractivity (Wildman–Crippen MR) is 118 cm³/mol. The van der Waals surface area contributed by atoms with Crippen LogP contribution >= 0.6 is 0 Å². The summed E-state index contributed by atoms with van der Waals surface area (Å²) >= 11 is 0. The summed E-state index contributed by atoms with van der Waals surface area (Å²) in [6, 6.07) is 12.9. The topological polar surface area (TPSA) is 37.8 Å². The lowest BCUT2D eigenvalue weighted by molar-refractivity contribution is 0.0639. The number of aromatic nitrogens is 1. The Morgan fingerprint density at radius 1 is 1.00 bits per heavy atom. The molecule has 0 amide bonds. The summed E-state index contributed by atoms with van der Waals surface area (Å²) in [5.74, 6) is 2.78. The maximum absolute atomic E-state index is 5.52. The molecule has 2 aromatic rings. The second kappa shape index (κ2) is 9.59. The highest BCUT2D eigenvalue weighted by Crippen LogP contribution is 2.28. The maximum Gasteiger partial charge on any atom is 0.129 e. The highest BCUT2D eigenvalue weighted by atomic mass is 16.5. The quantitative estimate of drug-likeness (QED) is 0.742. The standard InChI is InChI=1S/C24H33N3O2/c1-26-11-13-27(14-12-26)24-18-21(20-4-7-23(28-2)8-5-20)17-22(25-24)6-3-19-9-15-29-16-10-19/h4-5,7-8,17-19H,3,6,9-16H2,1-2H3. The van der Waals surface area contributed by atoms with E-state index >= 15 is 0 Å². The van der Waals surface area contributed by atoms with Crippen molar-refractivity contribution in [3.63, 3.8) is 0 Å². The predicted octanol–water partition coefficient (Wildman–Crippen LogP) is 3.87. The molecule has 2 aliphatic rings. The van der Waals surface area contributed by atoms with Crippen LogP contribution in [0.1, 0.15) is 25.0 Å². The number of hydrogen-bond donors (Lipinski definition) is 0. The Kier molecular flexibility index (Phi) is 6.67. The van der Waals surface area contributed by atoms with Crippen LogP contribution in [0.15, 0.2) is 36.4 Å². The lowest BCUT2D eigenvalue weighted by atomic mass is 9.93. The average Bonchev–Trinajstić information content (AvgIpc) is 2.79. The van der Waals surface area contributed by atoms with E-state index in [9.17, 15) is 0 Å². The van der Waals surface area contributed by atoms with Gasteiger partial charge in [-0.15, -0.1) is 0 Å². The van der Waals surface area contributed by atoms with Gasteiger partial charge in [-0.3, -0.25) is 0 Å². The number of hydrogen-bond acceptors (Lipinski definition) is 5. The van der Waals surface area contributed by atoms with Crippen LogP contribution in [-0.2, 0) is 11.2 Å². The molecule has 0 spiro atoms. The van der Waals surface area contributed by atoms with Crippen molar-refractivity contribution in [3.05, 3.63) is 42.1 Å². The SMILES string of the molecule is COc1ccc(-c2cc(CCC3CCOCC3)nc(N3CCN(C)CC3)c2)cc1. The zero-order valence-electron chi connectivity index (χ0n) is 17.8. The molecule has 2 aliphatic heterocycles. The van der Waals surface area contributed by atoms with Gasteiger partial charge in [-0.2, -0.15) is 0 Å². The van der Waals surface area contributed by atoms with Gasteiger partial charge in [0.05, 0.1) is 7.11 Å². The Labute approximate surface area is 174 Å². The second-order valence-electron chi connectivity index (χ2n) is 8.32. The molecule has 0 radical (unpaired) electrons. The molecular formula is C24H33N3O2. The van der Waals surface area contributed by atoms with Gasteiger partial charge in [0.25, 0.3) is 0 Å². The van der Waals surface area contributed by atoms with Gasteiger partial charge in [-0.05, 0) is 74.0 Å². The van der Waals surface area contributed by atoms with Crippen molar-refractivity contribution in [2.75, 3.05) is 58.5 Å². The van der Waals surface area contributed by atoms with Crippen molar-refractivity contribution in [3.8, 4) is 16.9 Å². The first kappa shape index (κ1) is 20.2. The minimum Gasteiger partial charge on any atom is -0.497 e. The van der Waals surface area contributed by atoms with Crippen molar-refractivity contribution >= 4 is 5.82 Å². The van der Waals surface area contributed by atoms with Crippen LogP contribution < -0.4 is 9.64 Å². The van der Waals surface area contributed by atoms with Gasteiger partial charge < -0.3 is 19.3 Å². The number of pyridine rings is 1. The van der Waals surface area contributed by atoms with E-state index in [1.54, 1.807) is 7.11 Å². The van der Waals surface area contributed by atoms with Crippen LogP contribution in [0, 0.1) is 5.92 Å². The van der Waals surface area contributed by atoms with Crippen molar-refractivity contribution in [2.45, 2.75) is 25.7 Å². The zero-order chi connectivity index (χ0) is 20.1.